The van der Waals surface area contributed by atoms with Gasteiger partial charge in [0.15, 0.2) is 10.9 Å². The molecule has 0 amide bonds. The minimum atomic E-state index is 0.469. The first-order valence-electron chi connectivity index (χ1n) is 5.94. The van der Waals surface area contributed by atoms with E-state index in [1.807, 2.05) is 19.1 Å². The zero-order valence-electron chi connectivity index (χ0n) is 10.7. The number of hydrogen-bond donors (Lipinski definition) is 1. The summed E-state index contributed by atoms with van der Waals surface area (Å²) >= 11 is 1.46. The SMILES string of the molecule is Cc1cc(N)nc(SCc2cc(-c3ccco3)on2)n1. The van der Waals surface area contributed by atoms with E-state index in [1.54, 1.807) is 18.4 Å². The fraction of sp³-hybridized carbons (Fsp3) is 0.154. The van der Waals surface area contributed by atoms with Crippen LogP contribution in [0.3, 0.4) is 0 Å². The summed E-state index contributed by atoms with van der Waals surface area (Å²) in [6.45, 7) is 1.88. The van der Waals surface area contributed by atoms with Crippen LogP contribution in [0.1, 0.15) is 11.4 Å². The van der Waals surface area contributed by atoms with Crippen molar-refractivity contribution >= 4 is 17.6 Å². The molecule has 0 saturated heterocycles. The highest BCUT2D eigenvalue weighted by atomic mass is 32.2. The second kappa shape index (κ2) is 5.38. The predicted octanol–water partition coefficient (Wildman–Crippen LogP) is 2.91. The molecular formula is C13H12N4O2S. The Kier molecular flexibility index (Phi) is 3.42. The topological polar surface area (TPSA) is 91.0 Å². The number of nitrogen functional groups attached to an aromatic ring is 1. The quantitative estimate of drug-likeness (QED) is 0.583. The molecule has 0 unspecified atom stereocenters. The van der Waals surface area contributed by atoms with Gasteiger partial charge in [-0.25, -0.2) is 9.97 Å². The molecule has 3 aromatic heterocycles. The number of furan rings is 1. The molecule has 0 aliphatic carbocycles. The summed E-state index contributed by atoms with van der Waals surface area (Å²) in [5.41, 5.74) is 7.33. The monoisotopic (exact) mass is 288 g/mol. The highest BCUT2D eigenvalue weighted by Crippen LogP contribution is 2.24. The third-order valence-corrected chi connectivity index (χ3v) is 3.41. The second-order valence-corrected chi connectivity index (χ2v) is 5.11. The number of aryl methyl sites for hydroxylation is 1. The molecule has 0 saturated carbocycles. The number of rotatable bonds is 4. The highest BCUT2D eigenvalue weighted by molar-refractivity contribution is 7.98. The van der Waals surface area contributed by atoms with Gasteiger partial charge < -0.3 is 14.7 Å². The normalized spacial score (nSPS) is 10.8. The van der Waals surface area contributed by atoms with Crippen molar-refractivity contribution in [3.05, 3.63) is 41.9 Å². The molecule has 0 aromatic carbocycles. The fourth-order valence-corrected chi connectivity index (χ4v) is 2.47. The maximum Gasteiger partial charge on any atom is 0.202 e. The van der Waals surface area contributed by atoms with Crippen LogP contribution in [-0.4, -0.2) is 15.1 Å². The van der Waals surface area contributed by atoms with Crippen LogP contribution in [0.2, 0.25) is 0 Å². The standard InChI is InChI=1S/C13H12N4O2S/c1-8-5-12(14)16-13(15-8)20-7-9-6-11(19-17-9)10-3-2-4-18-10/h2-6H,7H2,1H3,(H2,14,15,16). The number of aromatic nitrogens is 3. The number of hydrogen-bond acceptors (Lipinski definition) is 7. The van der Waals surface area contributed by atoms with Gasteiger partial charge in [0.2, 0.25) is 5.76 Å². The van der Waals surface area contributed by atoms with Crippen LogP contribution in [0.5, 0.6) is 0 Å². The van der Waals surface area contributed by atoms with Crippen LogP contribution in [-0.2, 0) is 5.75 Å². The zero-order chi connectivity index (χ0) is 13.9. The lowest BCUT2D eigenvalue weighted by molar-refractivity contribution is 0.413. The lowest BCUT2D eigenvalue weighted by atomic mass is 10.3. The summed E-state index contributed by atoms with van der Waals surface area (Å²) in [4.78, 5) is 8.46. The Morgan fingerprint density at radius 3 is 2.90 bits per heavy atom. The largest absolute Gasteiger partial charge is 0.461 e. The van der Waals surface area contributed by atoms with Crippen molar-refractivity contribution in [3.8, 4) is 11.5 Å². The first kappa shape index (κ1) is 12.7. The van der Waals surface area contributed by atoms with Gasteiger partial charge >= 0.3 is 0 Å². The fourth-order valence-electron chi connectivity index (χ4n) is 1.68. The van der Waals surface area contributed by atoms with Gasteiger partial charge in [-0.1, -0.05) is 16.9 Å². The van der Waals surface area contributed by atoms with Gasteiger partial charge in [-0.2, -0.15) is 0 Å². The first-order chi connectivity index (χ1) is 9.70. The van der Waals surface area contributed by atoms with E-state index in [0.717, 1.165) is 11.4 Å². The summed E-state index contributed by atoms with van der Waals surface area (Å²) in [5, 5.41) is 4.62. The third kappa shape index (κ3) is 2.83. The molecule has 0 fully saturated rings. The van der Waals surface area contributed by atoms with E-state index < -0.39 is 0 Å². The molecule has 0 bridgehead atoms. The molecule has 3 aromatic rings. The Morgan fingerprint density at radius 1 is 1.25 bits per heavy atom. The lowest BCUT2D eigenvalue weighted by Gasteiger charge is -2.00. The Bertz CT molecular complexity index is 689. The van der Waals surface area contributed by atoms with E-state index in [9.17, 15) is 0 Å². The van der Waals surface area contributed by atoms with Crippen LogP contribution in [0.4, 0.5) is 5.82 Å². The van der Waals surface area contributed by atoms with E-state index >= 15 is 0 Å². The summed E-state index contributed by atoms with van der Waals surface area (Å²) < 4.78 is 10.5. The number of nitrogens with two attached hydrogens (primary N) is 1. The van der Waals surface area contributed by atoms with Gasteiger partial charge in [0, 0.05) is 23.6 Å². The van der Waals surface area contributed by atoms with E-state index in [0.29, 0.717) is 28.2 Å². The van der Waals surface area contributed by atoms with Crippen molar-refractivity contribution in [1.82, 2.24) is 15.1 Å². The van der Waals surface area contributed by atoms with E-state index in [2.05, 4.69) is 15.1 Å². The van der Waals surface area contributed by atoms with Crippen LogP contribution in [0.25, 0.3) is 11.5 Å². The summed E-state index contributed by atoms with van der Waals surface area (Å²) in [6.07, 6.45) is 1.59. The van der Waals surface area contributed by atoms with Crippen molar-refractivity contribution in [1.29, 1.82) is 0 Å². The smallest absolute Gasteiger partial charge is 0.202 e. The molecule has 3 heterocycles. The van der Waals surface area contributed by atoms with Gasteiger partial charge in [0.25, 0.3) is 0 Å². The van der Waals surface area contributed by atoms with Crippen molar-refractivity contribution in [2.45, 2.75) is 17.8 Å². The van der Waals surface area contributed by atoms with E-state index in [1.165, 1.54) is 11.8 Å². The van der Waals surface area contributed by atoms with E-state index in [4.69, 9.17) is 14.7 Å². The van der Waals surface area contributed by atoms with Gasteiger partial charge in [-0.05, 0) is 19.1 Å². The molecule has 3 rings (SSSR count). The van der Waals surface area contributed by atoms with Gasteiger partial charge in [0.05, 0.1) is 12.0 Å². The number of nitrogens with zero attached hydrogens (tertiary/aromatic N) is 3. The minimum absolute atomic E-state index is 0.469. The molecule has 0 aliphatic rings. The molecule has 0 atom stereocenters. The predicted molar refractivity (Wildman–Crippen MR) is 74.9 cm³/mol. The van der Waals surface area contributed by atoms with Crippen LogP contribution < -0.4 is 5.73 Å². The molecule has 0 radical (unpaired) electrons. The average Bonchev–Trinajstić information content (AvgIpc) is 3.06. The maximum atomic E-state index is 5.69. The molecule has 0 aliphatic heterocycles. The number of anilines is 1. The van der Waals surface area contributed by atoms with Crippen molar-refractivity contribution in [2.24, 2.45) is 0 Å². The Labute approximate surface area is 119 Å². The van der Waals surface area contributed by atoms with Crippen LogP contribution in [0.15, 0.2) is 44.6 Å². The molecule has 2 N–H and O–H groups in total. The van der Waals surface area contributed by atoms with Crippen LogP contribution in [0, 0.1) is 6.92 Å². The van der Waals surface area contributed by atoms with Crippen molar-refractivity contribution in [3.63, 3.8) is 0 Å². The Morgan fingerprint density at radius 2 is 2.15 bits per heavy atom. The minimum Gasteiger partial charge on any atom is -0.461 e. The molecule has 0 spiro atoms. The highest BCUT2D eigenvalue weighted by Gasteiger charge is 2.10. The summed E-state index contributed by atoms with van der Waals surface area (Å²) in [6, 6.07) is 7.19. The van der Waals surface area contributed by atoms with Gasteiger partial charge in [-0.3, -0.25) is 0 Å². The third-order valence-electron chi connectivity index (χ3n) is 2.53. The van der Waals surface area contributed by atoms with Gasteiger partial charge in [0.1, 0.15) is 5.82 Å². The first-order valence-corrected chi connectivity index (χ1v) is 6.93. The summed E-state index contributed by atoms with van der Waals surface area (Å²) in [7, 11) is 0. The molecule has 20 heavy (non-hydrogen) atoms. The molecular weight excluding hydrogens is 276 g/mol. The Balaban J connectivity index is 1.69. The molecule has 6 nitrogen and oxygen atoms in total. The summed E-state index contributed by atoms with van der Waals surface area (Å²) in [5.74, 6) is 2.34. The van der Waals surface area contributed by atoms with Crippen LogP contribution >= 0.6 is 11.8 Å². The molecule has 7 heteroatoms. The maximum absolute atomic E-state index is 5.69. The average molecular weight is 288 g/mol. The molecule has 102 valence electrons. The van der Waals surface area contributed by atoms with Gasteiger partial charge in [-0.15, -0.1) is 0 Å². The van der Waals surface area contributed by atoms with E-state index in [-0.39, 0.29) is 0 Å². The number of thioether (sulfide) groups is 1. The zero-order valence-corrected chi connectivity index (χ0v) is 11.6. The lowest BCUT2D eigenvalue weighted by Crippen LogP contribution is -1.96. The Hall–Kier alpha value is -2.28. The second-order valence-electron chi connectivity index (χ2n) is 4.17. The van der Waals surface area contributed by atoms with Crippen molar-refractivity contribution in [2.75, 3.05) is 5.73 Å². The van der Waals surface area contributed by atoms with Crippen molar-refractivity contribution < 1.29 is 8.94 Å².